The van der Waals surface area contributed by atoms with Gasteiger partial charge >= 0.3 is 0 Å². The molecule has 0 bridgehead atoms. The van der Waals surface area contributed by atoms with Gasteiger partial charge in [0.2, 0.25) is 0 Å². The van der Waals surface area contributed by atoms with E-state index >= 15 is 0 Å². The SMILES string of the molecule is C[C@@H]1CCCC[NH+]1Cc1nc2cc(Cl)ccc2c(=O)[nH]1. The van der Waals surface area contributed by atoms with Gasteiger partial charge in [0.15, 0.2) is 5.82 Å². The molecule has 1 fully saturated rings. The summed E-state index contributed by atoms with van der Waals surface area (Å²) in [6, 6.07) is 5.83. The summed E-state index contributed by atoms with van der Waals surface area (Å²) in [5, 5.41) is 1.21. The Labute approximate surface area is 122 Å². The normalized spacial score (nSPS) is 23.1. The van der Waals surface area contributed by atoms with Gasteiger partial charge in [0.05, 0.1) is 23.5 Å². The second kappa shape index (κ2) is 5.54. The van der Waals surface area contributed by atoms with E-state index in [2.05, 4.69) is 16.9 Å². The number of likely N-dealkylation sites (tertiary alicyclic amines) is 1. The van der Waals surface area contributed by atoms with Crippen LogP contribution in [0.2, 0.25) is 5.02 Å². The largest absolute Gasteiger partial charge is 0.326 e. The third-order valence-corrected chi connectivity index (χ3v) is 4.43. The van der Waals surface area contributed by atoms with Gasteiger partial charge in [-0.05, 0) is 44.4 Å². The number of benzene rings is 1. The summed E-state index contributed by atoms with van der Waals surface area (Å²) < 4.78 is 0. The zero-order chi connectivity index (χ0) is 14.1. The summed E-state index contributed by atoms with van der Waals surface area (Å²) in [6.07, 6.45) is 3.81. The van der Waals surface area contributed by atoms with Crippen LogP contribution in [-0.2, 0) is 6.54 Å². The fourth-order valence-corrected chi connectivity index (χ4v) is 3.14. The Balaban J connectivity index is 1.93. The lowest BCUT2D eigenvalue weighted by molar-refractivity contribution is -0.942. The summed E-state index contributed by atoms with van der Waals surface area (Å²) in [5.74, 6) is 0.758. The zero-order valence-electron chi connectivity index (χ0n) is 11.6. The number of aromatic nitrogens is 2. The number of H-pyrrole nitrogens is 1. The molecule has 5 heteroatoms. The van der Waals surface area contributed by atoms with E-state index in [0.717, 1.165) is 18.9 Å². The highest BCUT2D eigenvalue weighted by Crippen LogP contribution is 2.14. The van der Waals surface area contributed by atoms with E-state index in [4.69, 9.17) is 11.6 Å². The fraction of sp³-hybridized carbons (Fsp3) is 0.467. The molecule has 2 heterocycles. The van der Waals surface area contributed by atoms with E-state index in [1.165, 1.54) is 24.2 Å². The molecule has 0 spiro atoms. The average Bonchev–Trinajstić information content (AvgIpc) is 2.41. The lowest BCUT2D eigenvalue weighted by Gasteiger charge is -2.29. The van der Waals surface area contributed by atoms with Gasteiger partial charge in [-0.1, -0.05) is 11.6 Å². The molecule has 2 N–H and O–H groups in total. The van der Waals surface area contributed by atoms with Crippen molar-refractivity contribution >= 4 is 22.5 Å². The van der Waals surface area contributed by atoms with Gasteiger partial charge in [0, 0.05) is 5.02 Å². The number of aromatic amines is 1. The second-order valence-corrected chi connectivity index (χ2v) is 6.09. The quantitative estimate of drug-likeness (QED) is 0.882. The lowest BCUT2D eigenvalue weighted by Crippen LogP contribution is -3.15. The predicted molar refractivity (Wildman–Crippen MR) is 80.2 cm³/mol. The van der Waals surface area contributed by atoms with Crippen LogP contribution in [0.15, 0.2) is 23.0 Å². The summed E-state index contributed by atoms with van der Waals surface area (Å²) in [7, 11) is 0. The number of nitrogens with one attached hydrogen (secondary N) is 2. The van der Waals surface area contributed by atoms with Crippen molar-refractivity contribution in [2.45, 2.75) is 38.8 Å². The van der Waals surface area contributed by atoms with Crippen LogP contribution in [0.4, 0.5) is 0 Å². The maximum absolute atomic E-state index is 12.1. The van der Waals surface area contributed by atoms with Crippen LogP contribution in [0, 0.1) is 0 Å². The van der Waals surface area contributed by atoms with Crippen molar-refractivity contribution in [1.29, 1.82) is 0 Å². The van der Waals surface area contributed by atoms with Gasteiger partial charge in [0.25, 0.3) is 5.56 Å². The van der Waals surface area contributed by atoms with Gasteiger partial charge in [-0.25, -0.2) is 4.98 Å². The number of quaternary nitrogens is 1. The number of halogens is 1. The molecular formula is C15H19ClN3O+. The molecule has 0 radical (unpaired) electrons. The molecule has 0 amide bonds. The number of piperidine rings is 1. The van der Waals surface area contributed by atoms with Crippen LogP contribution in [0.1, 0.15) is 32.0 Å². The van der Waals surface area contributed by atoms with Crippen LogP contribution in [0.3, 0.4) is 0 Å². The first-order chi connectivity index (χ1) is 9.63. The molecular weight excluding hydrogens is 274 g/mol. The van der Waals surface area contributed by atoms with Crippen molar-refractivity contribution in [3.63, 3.8) is 0 Å². The number of nitrogens with zero attached hydrogens (tertiary/aromatic N) is 1. The van der Waals surface area contributed by atoms with Crippen molar-refractivity contribution in [3.8, 4) is 0 Å². The van der Waals surface area contributed by atoms with E-state index < -0.39 is 0 Å². The minimum absolute atomic E-state index is 0.0780. The highest BCUT2D eigenvalue weighted by Gasteiger charge is 2.22. The summed E-state index contributed by atoms with van der Waals surface area (Å²) in [5.41, 5.74) is 0.603. The number of rotatable bonds is 2. The molecule has 1 saturated heterocycles. The first-order valence-electron chi connectivity index (χ1n) is 7.16. The third-order valence-electron chi connectivity index (χ3n) is 4.19. The van der Waals surface area contributed by atoms with Gasteiger partial charge in [-0.3, -0.25) is 4.79 Å². The maximum Gasteiger partial charge on any atom is 0.258 e. The van der Waals surface area contributed by atoms with E-state index in [1.54, 1.807) is 18.2 Å². The molecule has 1 aliphatic heterocycles. The maximum atomic E-state index is 12.1. The molecule has 1 aromatic carbocycles. The molecule has 3 rings (SSSR count). The summed E-state index contributed by atoms with van der Waals surface area (Å²) >= 11 is 5.98. The molecule has 2 atom stereocenters. The Hall–Kier alpha value is -1.39. The standard InChI is InChI=1S/C15H18ClN3O/c1-10-4-2-3-7-19(10)9-14-17-13-8-11(16)5-6-12(13)15(20)18-14/h5-6,8,10H,2-4,7,9H2,1H3,(H,17,18,20)/p+1/t10-/m1/s1. The molecule has 20 heavy (non-hydrogen) atoms. The third kappa shape index (κ3) is 2.72. The highest BCUT2D eigenvalue weighted by molar-refractivity contribution is 6.31. The van der Waals surface area contributed by atoms with E-state index in [-0.39, 0.29) is 5.56 Å². The van der Waals surface area contributed by atoms with Gasteiger partial charge < -0.3 is 9.88 Å². The Bertz CT molecular complexity index is 682. The van der Waals surface area contributed by atoms with Crippen molar-refractivity contribution in [3.05, 3.63) is 39.4 Å². The van der Waals surface area contributed by atoms with Gasteiger partial charge in [-0.15, -0.1) is 0 Å². The minimum Gasteiger partial charge on any atom is -0.326 e. The molecule has 106 valence electrons. The van der Waals surface area contributed by atoms with Crippen LogP contribution in [0.5, 0.6) is 0 Å². The number of fused-ring (bicyclic) bond motifs is 1. The molecule has 2 aromatic rings. The van der Waals surface area contributed by atoms with Crippen LogP contribution >= 0.6 is 11.6 Å². The lowest BCUT2D eigenvalue weighted by atomic mass is 10.0. The second-order valence-electron chi connectivity index (χ2n) is 5.66. The zero-order valence-corrected chi connectivity index (χ0v) is 12.3. The van der Waals surface area contributed by atoms with Crippen molar-refractivity contribution in [2.24, 2.45) is 0 Å². The van der Waals surface area contributed by atoms with Gasteiger partial charge in [0.1, 0.15) is 6.54 Å². The number of hydrogen-bond acceptors (Lipinski definition) is 2. The molecule has 0 saturated carbocycles. The van der Waals surface area contributed by atoms with E-state index in [0.29, 0.717) is 22.0 Å². The van der Waals surface area contributed by atoms with E-state index in [9.17, 15) is 4.79 Å². The van der Waals surface area contributed by atoms with Crippen LogP contribution in [-0.4, -0.2) is 22.6 Å². The Kier molecular flexibility index (Phi) is 3.76. The first-order valence-corrected chi connectivity index (χ1v) is 7.54. The van der Waals surface area contributed by atoms with E-state index in [1.807, 2.05) is 0 Å². The summed E-state index contributed by atoms with van der Waals surface area (Å²) in [6.45, 7) is 4.20. The smallest absolute Gasteiger partial charge is 0.258 e. The molecule has 1 aromatic heterocycles. The van der Waals surface area contributed by atoms with Crippen LogP contribution < -0.4 is 10.5 Å². The topological polar surface area (TPSA) is 50.2 Å². The Morgan fingerprint density at radius 1 is 1.45 bits per heavy atom. The molecule has 1 unspecified atom stereocenters. The fourth-order valence-electron chi connectivity index (χ4n) is 2.98. The van der Waals surface area contributed by atoms with Crippen molar-refractivity contribution in [1.82, 2.24) is 9.97 Å². The van der Waals surface area contributed by atoms with Gasteiger partial charge in [-0.2, -0.15) is 0 Å². The number of hydrogen-bond donors (Lipinski definition) is 2. The molecule has 0 aliphatic carbocycles. The summed E-state index contributed by atoms with van der Waals surface area (Å²) in [4.78, 5) is 21.1. The highest BCUT2D eigenvalue weighted by atomic mass is 35.5. The minimum atomic E-state index is -0.0780. The monoisotopic (exact) mass is 292 g/mol. The molecule has 1 aliphatic rings. The first kappa shape index (κ1) is 13.6. The van der Waals surface area contributed by atoms with Crippen molar-refractivity contribution < 1.29 is 4.90 Å². The van der Waals surface area contributed by atoms with Crippen molar-refractivity contribution in [2.75, 3.05) is 6.54 Å². The Morgan fingerprint density at radius 3 is 3.10 bits per heavy atom. The Morgan fingerprint density at radius 2 is 2.30 bits per heavy atom. The molecule has 4 nitrogen and oxygen atoms in total. The average molecular weight is 293 g/mol. The van der Waals surface area contributed by atoms with Crippen LogP contribution in [0.25, 0.3) is 10.9 Å². The predicted octanol–water partition coefficient (Wildman–Crippen LogP) is 1.53.